The first-order valence-corrected chi connectivity index (χ1v) is 4.19. The minimum atomic E-state index is -0.0799. The van der Waals surface area contributed by atoms with Crippen LogP contribution in [0.4, 0.5) is 0 Å². The molecule has 0 fully saturated rings. The van der Waals surface area contributed by atoms with Gasteiger partial charge in [0, 0.05) is 5.57 Å². The van der Waals surface area contributed by atoms with E-state index in [2.05, 4.69) is 5.16 Å². The van der Waals surface area contributed by atoms with Crippen LogP contribution in [0, 0.1) is 0 Å². The molecule has 1 aromatic carbocycles. The number of hydrogen-bond acceptors (Lipinski definition) is 3. The van der Waals surface area contributed by atoms with Crippen molar-refractivity contribution in [2.45, 2.75) is 6.92 Å². The fourth-order valence-corrected chi connectivity index (χ4v) is 1.11. The predicted octanol–water partition coefficient (Wildman–Crippen LogP) is 2.12. The number of nitrogens with zero attached hydrogens (tertiary/aromatic N) is 1. The molecule has 0 heterocycles. The van der Waals surface area contributed by atoms with E-state index in [0.717, 1.165) is 5.56 Å². The topological polar surface area (TPSA) is 49.7 Å². The molecular formula is C11H11NO2. The summed E-state index contributed by atoms with van der Waals surface area (Å²) in [6.07, 6.45) is 2.67. The Hall–Kier alpha value is -1.90. The Morgan fingerprint density at radius 2 is 2.00 bits per heavy atom. The van der Waals surface area contributed by atoms with Gasteiger partial charge >= 0.3 is 0 Å². The largest absolute Gasteiger partial charge is 0.411 e. The monoisotopic (exact) mass is 189 g/mol. The molecule has 14 heavy (non-hydrogen) atoms. The van der Waals surface area contributed by atoms with E-state index in [-0.39, 0.29) is 5.78 Å². The van der Waals surface area contributed by atoms with E-state index in [4.69, 9.17) is 5.21 Å². The molecule has 3 nitrogen and oxygen atoms in total. The highest BCUT2D eigenvalue weighted by molar-refractivity contribution is 6.15. The second-order valence-corrected chi connectivity index (χ2v) is 2.82. The van der Waals surface area contributed by atoms with E-state index in [1.807, 2.05) is 30.3 Å². The van der Waals surface area contributed by atoms with Gasteiger partial charge in [-0.15, -0.1) is 0 Å². The van der Waals surface area contributed by atoms with Crippen LogP contribution >= 0.6 is 0 Å². The lowest BCUT2D eigenvalue weighted by Crippen LogP contribution is -1.90. The van der Waals surface area contributed by atoms with Gasteiger partial charge < -0.3 is 5.21 Å². The molecule has 0 radical (unpaired) electrons. The molecule has 0 aliphatic heterocycles. The van der Waals surface area contributed by atoms with Crippen LogP contribution < -0.4 is 0 Å². The number of allylic oxidation sites excluding steroid dienone is 2. The quantitative estimate of drug-likeness (QED) is 0.342. The van der Waals surface area contributed by atoms with E-state index in [9.17, 15) is 4.79 Å². The van der Waals surface area contributed by atoms with Crippen LogP contribution in [0.3, 0.4) is 0 Å². The number of carbonyl (C=O) groups excluding carboxylic acids is 1. The zero-order valence-corrected chi connectivity index (χ0v) is 7.84. The summed E-state index contributed by atoms with van der Waals surface area (Å²) in [7, 11) is 0. The van der Waals surface area contributed by atoms with E-state index in [1.54, 1.807) is 0 Å². The first-order valence-electron chi connectivity index (χ1n) is 4.19. The Kier molecular flexibility index (Phi) is 3.61. The second kappa shape index (κ2) is 4.97. The molecule has 1 aromatic rings. The maximum absolute atomic E-state index is 10.9. The molecule has 3 heteroatoms. The van der Waals surface area contributed by atoms with Crippen LogP contribution in [0.1, 0.15) is 12.5 Å². The van der Waals surface area contributed by atoms with Gasteiger partial charge in [0.2, 0.25) is 0 Å². The van der Waals surface area contributed by atoms with Crippen molar-refractivity contribution < 1.29 is 10.0 Å². The fraction of sp³-hybridized carbons (Fsp3) is 0.0909. The van der Waals surface area contributed by atoms with Crippen LogP contribution in [-0.2, 0) is 4.79 Å². The maximum Gasteiger partial charge on any atom is 0.153 e. The van der Waals surface area contributed by atoms with Gasteiger partial charge in [-0.25, -0.2) is 0 Å². The van der Waals surface area contributed by atoms with Crippen LogP contribution in [0.5, 0.6) is 0 Å². The molecule has 0 spiro atoms. The van der Waals surface area contributed by atoms with Crippen LogP contribution in [-0.4, -0.2) is 17.2 Å². The number of rotatable bonds is 3. The molecule has 0 unspecified atom stereocenters. The lowest BCUT2D eigenvalue weighted by Gasteiger charge is -1.99. The van der Waals surface area contributed by atoms with Gasteiger partial charge in [-0.2, -0.15) is 0 Å². The predicted molar refractivity (Wildman–Crippen MR) is 55.4 cm³/mol. The minimum absolute atomic E-state index is 0.0799. The van der Waals surface area contributed by atoms with Crippen molar-refractivity contribution in [3.8, 4) is 0 Å². The zero-order chi connectivity index (χ0) is 10.4. The Bertz CT molecular complexity index is 366. The number of oxime groups is 1. The number of hydrogen-bond donors (Lipinski definition) is 1. The molecule has 0 saturated carbocycles. The summed E-state index contributed by atoms with van der Waals surface area (Å²) in [5, 5.41) is 11.3. The van der Waals surface area contributed by atoms with E-state index in [1.165, 1.54) is 19.2 Å². The van der Waals surface area contributed by atoms with Crippen molar-refractivity contribution in [3.63, 3.8) is 0 Å². The van der Waals surface area contributed by atoms with Gasteiger partial charge in [-0.1, -0.05) is 35.5 Å². The van der Waals surface area contributed by atoms with Crippen LogP contribution in [0.15, 0.2) is 41.6 Å². The molecule has 0 saturated heterocycles. The van der Waals surface area contributed by atoms with Gasteiger partial charge in [0.05, 0.1) is 6.21 Å². The number of ketones is 1. The van der Waals surface area contributed by atoms with Crippen molar-refractivity contribution in [1.29, 1.82) is 0 Å². The molecule has 72 valence electrons. The normalized spacial score (nSPS) is 11.9. The maximum atomic E-state index is 10.9. The van der Waals surface area contributed by atoms with Crippen LogP contribution in [0.2, 0.25) is 0 Å². The van der Waals surface area contributed by atoms with Crippen molar-refractivity contribution in [3.05, 3.63) is 42.0 Å². The third kappa shape index (κ3) is 2.86. The average molecular weight is 189 g/mol. The number of carbonyl (C=O) groups is 1. The highest BCUT2D eigenvalue weighted by Crippen LogP contribution is 2.11. The third-order valence-electron chi connectivity index (χ3n) is 1.66. The van der Waals surface area contributed by atoms with Gasteiger partial charge in [-0.05, 0) is 18.6 Å². The number of benzene rings is 1. The van der Waals surface area contributed by atoms with Crippen molar-refractivity contribution in [2.24, 2.45) is 5.16 Å². The SMILES string of the molecule is CC(=O)/C=C(\C=N\O)c1ccccc1. The first-order chi connectivity index (χ1) is 6.74. The molecule has 0 amide bonds. The van der Waals surface area contributed by atoms with E-state index >= 15 is 0 Å². The summed E-state index contributed by atoms with van der Waals surface area (Å²) >= 11 is 0. The van der Waals surface area contributed by atoms with Gasteiger partial charge in [-0.3, -0.25) is 4.79 Å². The first kappa shape index (κ1) is 10.2. The van der Waals surface area contributed by atoms with Gasteiger partial charge in [0.1, 0.15) is 0 Å². The lowest BCUT2D eigenvalue weighted by atomic mass is 10.1. The summed E-state index contributed by atoms with van der Waals surface area (Å²) in [6, 6.07) is 9.28. The molecule has 1 N–H and O–H groups in total. The minimum Gasteiger partial charge on any atom is -0.411 e. The van der Waals surface area contributed by atoms with E-state index < -0.39 is 0 Å². The third-order valence-corrected chi connectivity index (χ3v) is 1.66. The Morgan fingerprint density at radius 1 is 1.36 bits per heavy atom. The van der Waals surface area contributed by atoms with Crippen molar-refractivity contribution in [2.75, 3.05) is 0 Å². The standard InChI is InChI=1S/C11H11NO2/c1-9(13)7-11(8-12-14)10-5-3-2-4-6-10/h2-8,14H,1H3/b11-7+,12-8+. The van der Waals surface area contributed by atoms with Crippen LogP contribution in [0.25, 0.3) is 5.57 Å². The molecule has 0 aromatic heterocycles. The molecule has 0 atom stereocenters. The molecule has 0 aliphatic carbocycles. The zero-order valence-electron chi connectivity index (χ0n) is 7.84. The lowest BCUT2D eigenvalue weighted by molar-refractivity contribution is -0.112. The molecule has 0 aliphatic rings. The van der Waals surface area contributed by atoms with Gasteiger partial charge in [0.25, 0.3) is 0 Å². The van der Waals surface area contributed by atoms with Crippen molar-refractivity contribution >= 4 is 17.6 Å². The second-order valence-electron chi connectivity index (χ2n) is 2.82. The summed E-state index contributed by atoms with van der Waals surface area (Å²) in [5.74, 6) is -0.0799. The Labute approximate surface area is 82.4 Å². The van der Waals surface area contributed by atoms with Crippen molar-refractivity contribution in [1.82, 2.24) is 0 Å². The Balaban J connectivity index is 3.07. The fourth-order valence-electron chi connectivity index (χ4n) is 1.11. The highest BCUT2D eigenvalue weighted by Gasteiger charge is 1.98. The van der Waals surface area contributed by atoms with Gasteiger partial charge in [0.15, 0.2) is 5.78 Å². The summed E-state index contributed by atoms with van der Waals surface area (Å²) < 4.78 is 0. The molecule has 1 rings (SSSR count). The molecule has 0 bridgehead atoms. The average Bonchev–Trinajstić information content (AvgIpc) is 2.18. The van der Waals surface area contributed by atoms with E-state index in [0.29, 0.717) is 5.57 Å². The summed E-state index contributed by atoms with van der Waals surface area (Å²) in [5.41, 5.74) is 1.45. The summed E-state index contributed by atoms with van der Waals surface area (Å²) in [4.78, 5) is 10.9. The Morgan fingerprint density at radius 3 is 2.50 bits per heavy atom. The summed E-state index contributed by atoms with van der Waals surface area (Å²) in [6.45, 7) is 1.45. The molecular weight excluding hydrogens is 178 g/mol. The smallest absolute Gasteiger partial charge is 0.153 e. The highest BCUT2D eigenvalue weighted by atomic mass is 16.4.